The third-order valence-corrected chi connectivity index (χ3v) is 6.16. The van der Waals surface area contributed by atoms with Gasteiger partial charge in [0.25, 0.3) is 0 Å². The van der Waals surface area contributed by atoms with Gasteiger partial charge in [-0.1, -0.05) is 42.5 Å². The van der Waals surface area contributed by atoms with Gasteiger partial charge in [0.15, 0.2) is 5.03 Å². The fraction of sp³-hybridized carbons (Fsp3) is 0.550. The minimum Gasteiger partial charge on any atom is -0.405 e. The lowest BCUT2D eigenvalue weighted by Crippen LogP contribution is -2.49. The van der Waals surface area contributed by atoms with E-state index in [1.165, 1.54) is 11.8 Å². The highest BCUT2D eigenvalue weighted by atomic mass is 32.1. The van der Waals surface area contributed by atoms with Crippen molar-refractivity contribution in [3.8, 4) is 0 Å². The first-order chi connectivity index (χ1) is 13.6. The second kappa shape index (κ2) is 9.84. The first kappa shape index (κ1) is 20.5. The molecule has 152 valence electrons. The summed E-state index contributed by atoms with van der Waals surface area (Å²) in [6.07, 6.45) is 8.12. The topological polar surface area (TPSA) is 93.7 Å². The van der Waals surface area contributed by atoms with Crippen molar-refractivity contribution >= 4 is 17.2 Å². The SMILES string of the molecule is N/C=C\C(=S)N1CCC(N[N+](=O)[O-])C1COC1CCC(c2ccccc2)CC1. The van der Waals surface area contributed by atoms with Crippen molar-refractivity contribution in [2.75, 3.05) is 13.2 Å². The van der Waals surface area contributed by atoms with E-state index in [1.54, 1.807) is 6.08 Å². The summed E-state index contributed by atoms with van der Waals surface area (Å²) in [6, 6.07) is 10.2. The van der Waals surface area contributed by atoms with Crippen LogP contribution in [0.5, 0.6) is 0 Å². The highest BCUT2D eigenvalue weighted by Gasteiger charge is 2.38. The molecular formula is C20H28N4O3S. The zero-order chi connectivity index (χ0) is 19.9. The van der Waals surface area contributed by atoms with Gasteiger partial charge in [0.05, 0.1) is 18.8 Å². The Balaban J connectivity index is 1.54. The van der Waals surface area contributed by atoms with E-state index >= 15 is 0 Å². The van der Waals surface area contributed by atoms with Gasteiger partial charge >= 0.3 is 0 Å². The number of hydrazine groups is 1. The number of benzene rings is 1. The molecule has 8 heteroatoms. The monoisotopic (exact) mass is 404 g/mol. The molecule has 2 aliphatic rings. The van der Waals surface area contributed by atoms with E-state index in [1.807, 2.05) is 11.0 Å². The maximum absolute atomic E-state index is 10.9. The zero-order valence-corrected chi connectivity index (χ0v) is 16.7. The molecule has 0 spiro atoms. The van der Waals surface area contributed by atoms with Crippen LogP contribution in [0.4, 0.5) is 0 Å². The molecule has 1 saturated carbocycles. The number of hydrogen-bond donors (Lipinski definition) is 2. The summed E-state index contributed by atoms with van der Waals surface area (Å²) < 4.78 is 6.20. The van der Waals surface area contributed by atoms with Crippen LogP contribution in [0, 0.1) is 10.1 Å². The molecule has 2 fully saturated rings. The van der Waals surface area contributed by atoms with Gasteiger partial charge in [0, 0.05) is 6.54 Å². The number of hydrogen-bond acceptors (Lipinski definition) is 5. The molecule has 0 bridgehead atoms. The molecule has 2 atom stereocenters. The van der Waals surface area contributed by atoms with Crippen LogP contribution in [0.3, 0.4) is 0 Å². The average Bonchev–Trinajstić information content (AvgIpc) is 3.09. The Hall–Kier alpha value is -2.19. The quantitative estimate of drug-likeness (QED) is 0.312. The van der Waals surface area contributed by atoms with Gasteiger partial charge in [-0.15, -0.1) is 5.43 Å². The number of likely N-dealkylation sites (tertiary alicyclic amines) is 1. The largest absolute Gasteiger partial charge is 0.405 e. The van der Waals surface area contributed by atoms with E-state index in [2.05, 4.69) is 29.7 Å². The van der Waals surface area contributed by atoms with Crippen LogP contribution >= 0.6 is 12.2 Å². The molecule has 3 N–H and O–H groups in total. The molecule has 0 aromatic heterocycles. The van der Waals surface area contributed by atoms with Crippen LogP contribution in [-0.2, 0) is 4.74 Å². The molecule has 1 aromatic rings. The zero-order valence-electron chi connectivity index (χ0n) is 15.9. The highest BCUT2D eigenvalue weighted by Crippen LogP contribution is 2.34. The molecule has 7 nitrogen and oxygen atoms in total. The molecule has 2 unspecified atom stereocenters. The van der Waals surface area contributed by atoms with Gasteiger partial charge in [0.2, 0.25) is 0 Å². The standard InChI is InChI=1S/C20H28N4O3S/c21-12-10-20(28)23-13-11-18(22-24(25)26)19(23)14-27-17-8-6-16(7-9-17)15-4-2-1-3-5-15/h1-5,10,12,16-19,22H,6-9,11,13-14,21H2/b12-10-. The summed E-state index contributed by atoms with van der Waals surface area (Å²) in [5.41, 5.74) is 9.28. The molecule has 0 radical (unpaired) electrons. The first-order valence-corrected chi connectivity index (χ1v) is 10.2. The van der Waals surface area contributed by atoms with Crippen LogP contribution in [0.2, 0.25) is 0 Å². The minimum absolute atomic E-state index is 0.166. The van der Waals surface area contributed by atoms with Crippen molar-refractivity contribution in [1.82, 2.24) is 10.3 Å². The van der Waals surface area contributed by atoms with Crippen LogP contribution < -0.4 is 11.2 Å². The molecule has 28 heavy (non-hydrogen) atoms. The van der Waals surface area contributed by atoms with Crippen molar-refractivity contribution in [3.63, 3.8) is 0 Å². The number of nitrogens with one attached hydrogen (secondary N) is 1. The van der Waals surface area contributed by atoms with E-state index in [4.69, 9.17) is 22.7 Å². The Morgan fingerprint density at radius 3 is 2.64 bits per heavy atom. The number of thiocarbonyl (C=S) groups is 1. The molecule has 1 saturated heterocycles. The second-order valence-electron chi connectivity index (χ2n) is 7.46. The van der Waals surface area contributed by atoms with Crippen LogP contribution in [0.25, 0.3) is 0 Å². The van der Waals surface area contributed by atoms with E-state index in [0.717, 1.165) is 25.7 Å². The molecule has 3 rings (SSSR count). The van der Waals surface area contributed by atoms with Gasteiger partial charge < -0.3 is 15.4 Å². The molecular weight excluding hydrogens is 376 g/mol. The van der Waals surface area contributed by atoms with Gasteiger partial charge in [-0.05, 0) is 55.9 Å². The fourth-order valence-electron chi connectivity index (χ4n) is 4.32. The number of rotatable bonds is 7. The predicted octanol–water partition coefficient (Wildman–Crippen LogP) is 2.75. The molecule has 1 aromatic carbocycles. The van der Waals surface area contributed by atoms with Crippen LogP contribution in [-0.4, -0.2) is 46.3 Å². The van der Waals surface area contributed by atoms with Crippen molar-refractivity contribution in [2.45, 2.75) is 56.2 Å². The Bertz CT molecular complexity index is 692. The minimum atomic E-state index is -0.478. The van der Waals surface area contributed by atoms with Crippen LogP contribution in [0.15, 0.2) is 42.6 Å². The smallest absolute Gasteiger partial charge is 0.157 e. The first-order valence-electron chi connectivity index (χ1n) is 9.84. The Morgan fingerprint density at radius 1 is 1.29 bits per heavy atom. The summed E-state index contributed by atoms with van der Waals surface area (Å²) in [6.45, 7) is 1.08. The average molecular weight is 405 g/mol. The molecule has 1 heterocycles. The van der Waals surface area contributed by atoms with Gasteiger partial charge in [-0.3, -0.25) is 0 Å². The van der Waals surface area contributed by atoms with Crippen molar-refractivity contribution < 1.29 is 9.77 Å². The summed E-state index contributed by atoms with van der Waals surface area (Å²) >= 11 is 5.40. The summed E-state index contributed by atoms with van der Waals surface area (Å²) in [4.78, 5) is 13.5. The normalized spacial score (nSPS) is 27.8. The van der Waals surface area contributed by atoms with Crippen molar-refractivity contribution in [1.29, 1.82) is 0 Å². The number of nitro groups is 1. The number of nitrogens with two attached hydrogens (primary N) is 1. The number of nitrogens with zero attached hydrogens (tertiary/aromatic N) is 2. The second-order valence-corrected chi connectivity index (χ2v) is 7.88. The third kappa shape index (κ3) is 5.20. The fourth-order valence-corrected chi connectivity index (χ4v) is 4.63. The molecule has 1 aliphatic heterocycles. The Labute approximate surface area is 171 Å². The van der Waals surface area contributed by atoms with E-state index in [0.29, 0.717) is 30.5 Å². The summed E-state index contributed by atoms with van der Waals surface area (Å²) in [5.74, 6) is 0.593. The van der Waals surface area contributed by atoms with Crippen molar-refractivity contribution in [2.24, 2.45) is 5.73 Å². The molecule has 1 aliphatic carbocycles. The third-order valence-electron chi connectivity index (χ3n) is 5.79. The lowest BCUT2D eigenvalue weighted by atomic mass is 9.83. The van der Waals surface area contributed by atoms with E-state index < -0.39 is 5.03 Å². The highest BCUT2D eigenvalue weighted by molar-refractivity contribution is 7.80. The predicted molar refractivity (Wildman–Crippen MR) is 112 cm³/mol. The summed E-state index contributed by atoms with van der Waals surface area (Å²) in [5, 5.41) is 10.5. The Kier molecular flexibility index (Phi) is 7.22. The van der Waals surface area contributed by atoms with Gasteiger partial charge in [-0.2, -0.15) is 0 Å². The van der Waals surface area contributed by atoms with Gasteiger partial charge in [-0.25, -0.2) is 10.1 Å². The van der Waals surface area contributed by atoms with Crippen molar-refractivity contribution in [3.05, 3.63) is 58.3 Å². The maximum atomic E-state index is 10.9. The lowest BCUT2D eigenvalue weighted by Gasteiger charge is -2.32. The van der Waals surface area contributed by atoms with E-state index in [-0.39, 0.29) is 18.2 Å². The summed E-state index contributed by atoms with van der Waals surface area (Å²) in [7, 11) is 0. The maximum Gasteiger partial charge on any atom is 0.157 e. The van der Waals surface area contributed by atoms with Gasteiger partial charge in [0.1, 0.15) is 11.0 Å². The Morgan fingerprint density at radius 2 is 2.00 bits per heavy atom. The van der Waals surface area contributed by atoms with E-state index in [9.17, 15) is 10.1 Å². The molecule has 0 amide bonds. The lowest BCUT2D eigenvalue weighted by molar-refractivity contribution is -0.551. The van der Waals surface area contributed by atoms with Crippen LogP contribution in [0.1, 0.15) is 43.6 Å². The number of ether oxygens (including phenoxy) is 1.